The van der Waals surface area contributed by atoms with Crippen LogP contribution in [0.4, 0.5) is 0 Å². The first-order valence-electron chi connectivity index (χ1n) is 10.1. The first-order chi connectivity index (χ1) is 14.4. The quantitative estimate of drug-likeness (QED) is 0.471. The maximum absolute atomic E-state index is 11.4. The van der Waals surface area contributed by atoms with Gasteiger partial charge in [-0.25, -0.2) is 0 Å². The second kappa shape index (κ2) is 7.83. The molecule has 1 saturated heterocycles. The maximum Gasteiger partial charge on any atom is 0.161 e. The Hall–Kier alpha value is -2.74. The highest BCUT2D eigenvalue weighted by Crippen LogP contribution is 2.45. The Balaban J connectivity index is 2.14. The van der Waals surface area contributed by atoms with E-state index in [4.69, 9.17) is 9.47 Å². The van der Waals surface area contributed by atoms with E-state index in [-0.39, 0.29) is 11.5 Å². The summed E-state index contributed by atoms with van der Waals surface area (Å²) in [4.78, 5) is 0. The smallest absolute Gasteiger partial charge is 0.161 e. The fourth-order valence-corrected chi connectivity index (χ4v) is 4.70. The number of hydrogen-bond donors (Lipinski definition) is 4. The van der Waals surface area contributed by atoms with Crippen LogP contribution in [0.3, 0.4) is 0 Å². The van der Waals surface area contributed by atoms with Crippen LogP contribution in [0.2, 0.25) is 0 Å². The summed E-state index contributed by atoms with van der Waals surface area (Å²) in [5.41, 5.74) is 1.55. The minimum Gasteiger partial charge on any atom is -0.504 e. The molecule has 4 rings (SSSR count). The molecule has 0 aliphatic carbocycles. The van der Waals surface area contributed by atoms with Crippen LogP contribution in [0, 0.1) is 0 Å². The second-order valence-corrected chi connectivity index (χ2v) is 7.70. The molecule has 7 nitrogen and oxygen atoms in total. The number of phenolic OH excluding ortho intramolecular Hbond substituents is 2. The monoisotopic (exact) mass is 413 g/mol. The summed E-state index contributed by atoms with van der Waals surface area (Å²) in [7, 11) is 2.97. The number of hydrogen-bond acceptors (Lipinski definition) is 7. The molecule has 160 valence electrons. The molecule has 3 aromatic rings. The minimum absolute atomic E-state index is 0.00557. The molecule has 0 bridgehead atoms. The lowest BCUT2D eigenvalue weighted by Crippen LogP contribution is -2.32. The summed E-state index contributed by atoms with van der Waals surface area (Å²) in [5, 5.41) is 46.7. The largest absolute Gasteiger partial charge is 0.504 e. The average Bonchev–Trinajstić information content (AvgIpc) is 3.17. The van der Waals surface area contributed by atoms with E-state index in [0.29, 0.717) is 41.8 Å². The fraction of sp³-hybridized carbons (Fsp3) is 0.391. The third kappa shape index (κ3) is 3.10. The van der Waals surface area contributed by atoms with Crippen molar-refractivity contribution < 1.29 is 30.0 Å². The maximum atomic E-state index is 11.4. The van der Waals surface area contributed by atoms with Crippen LogP contribution >= 0.6 is 0 Å². The van der Waals surface area contributed by atoms with Crippen molar-refractivity contribution in [1.29, 1.82) is 0 Å². The van der Waals surface area contributed by atoms with E-state index in [1.54, 1.807) is 24.3 Å². The molecular formula is C23H27NO6. The van der Waals surface area contributed by atoms with Gasteiger partial charge in [-0.2, -0.15) is 5.06 Å². The molecular weight excluding hydrogens is 386 g/mol. The van der Waals surface area contributed by atoms with Gasteiger partial charge < -0.3 is 30.0 Å². The van der Waals surface area contributed by atoms with Crippen molar-refractivity contribution in [3.8, 4) is 23.0 Å². The number of aromatic hydroxyl groups is 2. The molecule has 2 atom stereocenters. The van der Waals surface area contributed by atoms with Gasteiger partial charge in [-0.1, -0.05) is 6.92 Å². The Bertz CT molecular complexity index is 1110. The number of benzene rings is 3. The number of fused-ring (bicyclic) bond motifs is 3. The Morgan fingerprint density at radius 3 is 2.07 bits per heavy atom. The zero-order valence-electron chi connectivity index (χ0n) is 17.3. The van der Waals surface area contributed by atoms with Crippen LogP contribution < -0.4 is 9.47 Å². The van der Waals surface area contributed by atoms with E-state index < -0.39 is 12.1 Å². The highest BCUT2D eigenvalue weighted by Gasteiger charge is 2.34. The SMILES string of the molecule is CCc1c([C@@H](O)[C@H]2CCCN2O)c2cc(O)c(OC)cc2c2cc(O)c(OC)cc12. The first kappa shape index (κ1) is 20.5. The number of nitrogens with zero attached hydrogens (tertiary/aromatic N) is 1. The lowest BCUT2D eigenvalue weighted by atomic mass is 9.85. The fourth-order valence-electron chi connectivity index (χ4n) is 4.70. The van der Waals surface area contributed by atoms with E-state index in [1.807, 2.05) is 6.92 Å². The number of methoxy groups -OCH3 is 2. The van der Waals surface area contributed by atoms with E-state index >= 15 is 0 Å². The summed E-state index contributed by atoms with van der Waals surface area (Å²) in [5.74, 6) is 0.608. The molecule has 0 aromatic heterocycles. The van der Waals surface area contributed by atoms with Crippen molar-refractivity contribution in [3.63, 3.8) is 0 Å². The van der Waals surface area contributed by atoms with Gasteiger partial charge in [-0.15, -0.1) is 0 Å². The van der Waals surface area contributed by atoms with Crippen molar-refractivity contribution >= 4 is 21.5 Å². The topological polar surface area (TPSA) is 103 Å². The Morgan fingerprint density at radius 2 is 1.53 bits per heavy atom. The van der Waals surface area contributed by atoms with Gasteiger partial charge in [0.2, 0.25) is 0 Å². The predicted octanol–water partition coefficient (Wildman–Crippen LogP) is 3.87. The molecule has 1 heterocycles. The van der Waals surface area contributed by atoms with Crippen LogP contribution in [-0.2, 0) is 6.42 Å². The van der Waals surface area contributed by atoms with Gasteiger partial charge in [0.15, 0.2) is 23.0 Å². The highest BCUT2D eigenvalue weighted by atomic mass is 16.5. The van der Waals surface area contributed by atoms with E-state index in [2.05, 4.69) is 0 Å². The first-order valence-corrected chi connectivity index (χ1v) is 10.1. The molecule has 7 heteroatoms. The van der Waals surface area contributed by atoms with Gasteiger partial charge in [0.1, 0.15) is 0 Å². The zero-order chi connectivity index (χ0) is 21.6. The summed E-state index contributed by atoms with van der Waals surface area (Å²) >= 11 is 0. The molecule has 1 aliphatic rings. The molecule has 0 unspecified atom stereocenters. The lowest BCUT2D eigenvalue weighted by Gasteiger charge is -2.28. The third-order valence-electron chi connectivity index (χ3n) is 6.15. The molecule has 3 aromatic carbocycles. The number of aryl methyl sites for hydroxylation is 1. The Kier molecular flexibility index (Phi) is 5.36. The number of hydroxylamine groups is 2. The van der Waals surface area contributed by atoms with E-state index in [0.717, 1.165) is 28.1 Å². The van der Waals surface area contributed by atoms with Crippen LogP contribution in [0.15, 0.2) is 24.3 Å². The summed E-state index contributed by atoms with van der Waals surface area (Å²) in [6.45, 7) is 2.50. The Labute approximate surface area is 174 Å². The van der Waals surface area contributed by atoms with E-state index in [1.165, 1.54) is 19.3 Å². The number of ether oxygens (including phenoxy) is 2. The zero-order valence-corrected chi connectivity index (χ0v) is 17.3. The lowest BCUT2D eigenvalue weighted by molar-refractivity contribution is -0.132. The molecule has 1 aliphatic heterocycles. The normalized spacial score (nSPS) is 18.2. The van der Waals surface area contributed by atoms with Crippen LogP contribution in [0.25, 0.3) is 21.5 Å². The molecule has 30 heavy (non-hydrogen) atoms. The summed E-state index contributed by atoms with van der Waals surface area (Å²) in [6, 6.07) is 6.27. The van der Waals surface area contributed by atoms with Crippen LogP contribution in [0.5, 0.6) is 23.0 Å². The molecule has 4 N–H and O–H groups in total. The van der Waals surface area contributed by atoms with Gasteiger partial charge >= 0.3 is 0 Å². The third-order valence-corrected chi connectivity index (χ3v) is 6.15. The average molecular weight is 413 g/mol. The van der Waals surface area contributed by atoms with Crippen molar-refractivity contribution in [2.45, 2.75) is 38.3 Å². The van der Waals surface area contributed by atoms with Crippen molar-refractivity contribution in [2.24, 2.45) is 0 Å². The van der Waals surface area contributed by atoms with Gasteiger partial charge in [0.25, 0.3) is 0 Å². The van der Waals surface area contributed by atoms with Gasteiger partial charge in [-0.3, -0.25) is 0 Å². The summed E-state index contributed by atoms with van der Waals surface area (Å²) < 4.78 is 10.6. The number of rotatable bonds is 5. The van der Waals surface area contributed by atoms with Gasteiger partial charge in [0, 0.05) is 6.54 Å². The minimum atomic E-state index is -0.952. The predicted molar refractivity (Wildman–Crippen MR) is 114 cm³/mol. The second-order valence-electron chi connectivity index (χ2n) is 7.70. The number of phenols is 2. The van der Waals surface area contributed by atoms with E-state index in [9.17, 15) is 20.5 Å². The standard InChI is InChI=1S/C23H27NO6/c1-4-12-14-10-20(29-2)18(25)8-13(14)15-11-21(30-3)19(26)9-16(15)22(12)23(27)17-6-5-7-24(17)28/h8-11,17,23,25-28H,4-7H2,1-3H3/t17-,23+/m1/s1. The molecule has 0 radical (unpaired) electrons. The van der Waals surface area contributed by atoms with Crippen molar-refractivity contribution in [2.75, 3.05) is 20.8 Å². The molecule has 0 spiro atoms. The molecule has 1 fully saturated rings. The van der Waals surface area contributed by atoms with Crippen molar-refractivity contribution in [3.05, 3.63) is 35.4 Å². The summed E-state index contributed by atoms with van der Waals surface area (Å²) in [6.07, 6.45) is 1.12. The molecule has 0 amide bonds. The number of aliphatic hydroxyl groups is 1. The van der Waals surface area contributed by atoms with Crippen LogP contribution in [-0.4, -0.2) is 52.4 Å². The Morgan fingerprint density at radius 1 is 0.967 bits per heavy atom. The van der Waals surface area contributed by atoms with Crippen LogP contribution in [0.1, 0.15) is 37.0 Å². The van der Waals surface area contributed by atoms with Gasteiger partial charge in [-0.05, 0) is 76.2 Å². The van der Waals surface area contributed by atoms with Crippen molar-refractivity contribution in [1.82, 2.24) is 5.06 Å². The highest BCUT2D eigenvalue weighted by molar-refractivity contribution is 6.12. The number of aliphatic hydroxyl groups excluding tert-OH is 1. The molecule has 0 saturated carbocycles. The van der Waals surface area contributed by atoms with Gasteiger partial charge in [0.05, 0.1) is 26.4 Å².